The fourth-order valence-electron chi connectivity index (χ4n) is 1.72. The molecule has 0 aliphatic rings. The zero-order chi connectivity index (χ0) is 15.6. The molecular formula is C15H17BrN2O3. The van der Waals surface area contributed by atoms with Crippen LogP contribution in [0.4, 0.5) is 5.88 Å². The number of carbonyl (C=O) groups excluding carboxylic acids is 1. The summed E-state index contributed by atoms with van der Waals surface area (Å²) in [5, 5.41) is 6.64. The highest BCUT2D eigenvalue weighted by atomic mass is 79.9. The molecule has 2 aromatic rings. The summed E-state index contributed by atoms with van der Waals surface area (Å²) in [5.41, 5.74) is 1.07. The van der Waals surface area contributed by atoms with Crippen molar-refractivity contribution in [1.82, 2.24) is 5.16 Å². The zero-order valence-corrected chi connectivity index (χ0v) is 13.9. The van der Waals surface area contributed by atoms with Gasteiger partial charge in [-0.05, 0) is 18.2 Å². The van der Waals surface area contributed by atoms with E-state index < -0.39 is 0 Å². The van der Waals surface area contributed by atoms with E-state index in [0.717, 1.165) is 10.2 Å². The predicted molar refractivity (Wildman–Crippen MR) is 83.9 cm³/mol. The summed E-state index contributed by atoms with van der Waals surface area (Å²) in [4.78, 5) is 12.3. The van der Waals surface area contributed by atoms with Gasteiger partial charge in [0.25, 0.3) is 5.91 Å². The van der Waals surface area contributed by atoms with Gasteiger partial charge in [0.2, 0.25) is 5.88 Å². The van der Waals surface area contributed by atoms with Crippen LogP contribution < -0.4 is 10.1 Å². The van der Waals surface area contributed by atoms with E-state index in [2.05, 4.69) is 26.4 Å². The van der Waals surface area contributed by atoms with Crippen LogP contribution in [0.25, 0.3) is 0 Å². The Morgan fingerprint density at radius 2 is 2.05 bits per heavy atom. The van der Waals surface area contributed by atoms with Gasteiger partial charge in [0.15, 0.2) is 0 Å². The second-order valence-corrected chi connectivity index (χ2v) is 6.54. The minimum absolute atomic E-state index is 0.137. The van der Waals surface area contributed by atoms with E-state index in [1.54, 1.807) is 24.3 Å². The van der Waals surface area contributed by atoms with Gasteiger partial charge in [0, 0.05) is 16.0 Å². The molecule has 1 amide bonds. The second-order valence-electron chi connectivity index (χ2n) is 5.63. The summed E-state index contributed by atoms with van der Waals surface area (Å²) < 4.78 is 11.2. The Balaban J connectivity index is 2.20. The molecule has 0 aliphatic heterocycles. The topological polar surface area (TPSA) is 64.4 Å². The van der Waals surface area contributed by atoms with Crippen molar-refractivity contribution in [3.05, 3.63) is 40.0 Å². The molecule has 112 valence electrons. The number of methoxy groups -OCH3 is 1. The van der Waals surface area contributed by atoms with Crippen LogP contribution in [-0.4, -0.2) is 18.2 Å². The van der Waals surface area contributed by atoms with Crippen molar-refractivity contribution in [3.63, 3.8) is 0 Å². The normalized spacial score (nSPS) is 11.3. The quantitative estimate of drug-likeness (QED) is 0.906. The average Bonchev–Trinajstić information content (AvgIpc) is 2.86. The molecule has 0 saturated carbocycles. The number of amides is 1. The van der Waals surface area contributed by atoms with E-state index in [0.29, 0.717) is 17.2 Å². The molecule has 0 bridgehead atoms. The number of carbonyl (C=O) groups is 1. The van der Waals surface area contributed by atoms with E-state index >= 15 is 0 Å². The van der Waals surface area contributed by atoms with E-state index in [1.165, 1.54) is 7.11 Å². The summed E-state index contributed by atoms with van der Waals surface area (Å²) >= 11 is 3.34. The third kappa shape index (κ3) is 3.64. The number of halogens is 1. The van der Waals surface area contributed by atoms with Crippen molar-refractivity contribution in [1.29, 1.82) is 0 Å². The molecule has 0 fully saturated rings. The fraction of sp³-hybridized carbons (Fsp3) is 0.333. The number of hydrogen-bond acceptors (Lipinski definition) is 4. The summed E-state index contributed by atoms with van der Waals surface area (Å²) in [6.45, 7) is 6.07. The number of ether oxygens (including phenoxy) is 1. The fourth-order valence-corrected chi connectivity index (χ4v) is 2.06. The van der Waals surface area contributed by atoms with E-state index in [9.17, 15) is 4.79 Å². The van der Waals surface area contributed by atoms with Gasteiger partial charge in [-0.1, -0.05) is 41.9 Å². The highest BCUT2D eigenvalue weighted by Crippen LogP contribution is 2.26. The van der Waals surface area contributed by atoms with Crippen molar-refractivity contribution in [2.75, 3.05) is 12.4 Å². The van der Waals surface area contributed by atoms with Crippen LogP contribution in [0.3, 0.4) is 0 Å². The first-order valence-corrected chi connectivity index (χ1v) is 7.22. The van der Waals surface area contributed by atoms with Gasteiger partial charge < -0.3 is 9.26 Å². The Kier molecular flexibility index (Phi) is 4.37. The van der Waals surface area contributed by atoms with Gasteiger partial charge in [-0.25, -0.2) is 0 Å². The molecule has 1 aromatic carbocycles. The third-order valence-corrected chi connectivity index (χ3v) is 3.42. The Morgan fingerprint density at radius 3 is 2.62 bits per heavy atom. The molecule has 6 heteroatoms. The highest BCUT2D eigenvalue weighted by Gasteiger charge is 2.20. The first kappa shape index (κ1) is 15.6. The van der Waals surface area contributed by atoms with Crippen LogP contribution in [0.15, 0.2) is 33.3 Å². The van der Waals surface area contributed by atoms with Crippen molar-refractivity contribution >= 4 is 27.7 Å². The summed E-state index contributed by atoms with van der Waals surface area (Å²) in [6.07, 6.45) is 0. The van der Waals surface area contributed by atoms with Crippen molar-refractivity contribution in [2.24, 2.45) is 0 Å². The van der Waals surface area contributed by atoms with Gasteiger partial charge >= 0.3 is 0 Å². The molecule has 21 heavy (non-hydrogen) atoms. The minimum atomic E-state index is -0.309. The molecule has 0 saturated heterocycles. The molecule has 0 aliphatic carbocycles. The van der Waals surface area contributed by atoms with Gasteiger partial charge in [0.1, 0.15) is 5.75 Å². The Labute approximate surface area is 131 Å². The Morgan fingerprint density at radius 1 is 1.33 bits per heavy atom. The number of nitrogens with one attached hydrogen (secondary N) is 1. The average molecular weight is 353 g/mol. The molecule has 1 aromatic heterocycles. The number of anilines is 1. The molecule has 2 rings (SSSR count). The number of hydrogen-bond donors (Lipinski definition) is 1. The van der Waals surface area contributed by atoms with Gasteiger partial charge in [-0.3, -0.25) is 10.1 Å². The number of nitrogens with zero attached hydrogens (tertiary/aromatic N) is 1. The van der Waals surface area contributed by atoms with E-state index in [-0.39, 0.29) is 11.3 Å². The smallest absolute Gasteiger partial charge is 0.261 e. The number of benzene rings is 1. The molecule has 0 radical (unpaired) electrons. The maximum Gasteiger partial charge on any atom is 0.261 e. The Hall–Kier alpha value is -1.82. The highest BCUT2D eigenvalue weighted by molar-refractivity contribution is 9.10. The maximum absolute atomic E-state index is 12.3. The molecule has 0 spiro atoms. The van der Waals surface area contributed by atoms with Gasteiger partial charge in [-0.2, -0.15) is 0 Å². The van der Waals surface area contributed by atoms with Crippen LogP contribution in [0.2, 0.25) is 0 Å². The van der Waals surface area contributed by atoms with E-state index in [4.69, 9.17) is 9.26 Å². The van der Waals surface area contributed by atoms with E-state index in [1.807, 2.05) is 20.8 Å². The molecule has 1 heterocycles. The minimum Gasteiger partial charge on any atom is -0.496 e. The Bertz CT molecular complexity index is 659. The lowest BCUT2D eigenvalue weighted by atomic mass is 9.92. The predicted octanol–water partition coefficient (Wildman–Crippen LogP) is 4.00. The SMILES string of the molecule is COc1cc(Br)ccc1C(=O)Nc1cc(C(C)(C)C)no1. The van der Waals surface area contributed by atoms with Crippen molar-refractivity contribution in [2.45, 2.75) is 26.2 Å². The molecule has 5 nitrogen and oxygen atoms in total. The van der Waals surface area contributed by atoms with Crippen LogP contribution in [-0.2, 0) is 5.41 Å². The molecule has 0 atom stereocenters. The first-order valence-electron chi connectivity index (χ1n) is 6.43. The standard InChI is InChI=1S/C15H17BrN2O3/c1-15(2,3)12-8-13(21-18-12)17-14(19)10-6-5-9(16)7-11(10)20-4/h5-8H,1-4H3,(H,17,19). The molecule has 1 N–H and O–H groups in total. The molecule has 0 unspecified atom stereocenters. The lowest BCUT2D eigenvalue weighted by molar-refractivity contribution is 0.102. The van der Waals surface area contributed by atoms with Crippen LogP contribution in [0.1, 0.15) is 36.8 Å². The van der Waals surface area contributed by atoms with Crippen LogP contribution in [0.5, 0.6) is 5.75 Å². The number of aromatic nitrogens is 1. The number of rotatable bonds is 3. The first-order chi connectivity index (χ1) is 9.81. The summed E-state index contributed by atoms with van der Waals surface area (Å²) in [5.74, 6) is 0.489. The van der Waals surface area contributed by atoms with Crippen LogP contribution in [0, 0.1) is 0 Å². The lowest BCUT2D eigenvalue weighted by Crippen LogP contribution is -2.13. The largest absolute Gasteiger partial charge is 0.496 e. The lowest BCUT2D eigenvalue weighted by Gasteiger charge is -2.12. The zero-order valence-electron chi connectivity index (χ0n) is 12.4. The van der Waals surface area contributed by atoms with Gasteiger partial charge in [0.05, 0.1) is 18.4 Å². The van der Waals surface area contributed by atoms with Crippen LogP contribution >= 0.6 is 15.9 Å². The maximum atomic E-state index is 12.3. The second kappa shape index (κ2) is 5.89. The third-order valence-electron chi connectivity index (χ3n) is 2.92. The molecular weight excluding hydrogens is 336 g/mol. The van der Waals surface area contributed by atoms with Crippen molar-refractivity contribution in [3.8, 4) is 5.75 Å². The van der Waals surface area contributed by atoms with Crippen molar-refractivity contribution < 1.29 is 14.1 Å². The summed E-state index contributed by atoms with van der Waals surface area (Å²) in [6, 6.07) is 6.91. The summed E-state index contributed by atoms with van der Waals surface area (Å²) in [7, 11) is 1.52. The van der Waals surface area contributed by atoms with Gasteiger partial charge in [-0.15, -0.1) is 0 Å². The monoisotopic (exact) mass is 352 g/mol.